The van der Waals surface area contributed by atoms with Crippen molar-refractivity contribution in [3.63, 3.8) is 0 Å². The predicted octanol–water partition coefficient (Wildman–Crippen LogP) is 1.85. The monoisotopic (exact) mass is 286 g/mol. The van der Waals surface area contributed by atoms with Gasteiger partial charge in [-0.05, 0) is 37.1 Å². The summed E-state index contributed by atoms with van der Waals surface area (Å²) in [5, 5.41) is 2.77. The van der Waals surface area contributed by atoms with Gasteiger partial charge in [0, 0.05) is 6.42 Å². The van der Waals surface area contributed by atoms with Gasteiger partial charge in [-0.2, -0.15) is 0 Å². The van der Waals surface area contributed by atoms with Gasteiger partial charge in [-0.25, -0.2) is 4.79 Å². The molecule has 0 aromatic carbocycles. The van der Waals surface area contributed by atoms with Crippen molar-refractivity contribution in [3.05, 3.63) is 0 Å². The zero-order chi connectivity index (χ0) is 15.8. The maximum atomic E-state index is 12.0. The van der Waals surface area contributed by atoms with Gasteiger partial charge in [0.05, 0.1) is 7.11 Å². The van der Waals surface area contributed by atoms with Crippen LogP contribution in [-0.2, 0) is 14.3 Å². The average Bonchev–Trinajstić information content (AvgIpc) is 2.34. The van der Waals surface area contributed by atoms with Crippen molar-refractivity contribution in [1.82, 2.24) is 5.32 Å². The lowest BCUT2D eigenvalue weighted by Gasteiger charge is -2.24. The second kappa shape index (κ2) is 8.95. The minimum atomic E-state index is -0.551. The van der Waals surface area contributed by atoms with E-state index >= 15 is 0 Å². The third-order valence-electron chi connectivity index (χ3n) is 3.38. The molecule has 0 heterocycles. The predicted molar refractivity (Wildman–Crippen MR) is 80.1 cm³/mol. The molecule has 0 saturated heterocycles. The lowest BCUT2D eigenvalue weighted by Crippen LogP contribution is -2.42. The Hall–Kier alpha value is -1.10. The molecule has 0 unspecified atom stereocenters. The van der Waals surface area contributed by atoms with E-state index in [-0.39, 0.29) is 17.3 Å². The van der Waals surface area contributed by atoms with Crippen LogP contribution < -0.4 is 11.1 Å². The molecule has 0 fully saturated rings. The second-order valence-corrected chi connectivity index (χ2v) is 6.48. The molecule has 0 saturated carbocycles. The number of carbonyl (C=O) groups excluding carboxylic acids is 2. The molecule has 0 aromatic rings. The second-order valence-electron chi connectivity index (χ2n) is 6.48. The van der Waals surface area contributed by atoms with E-state index in [0.29, 0.717) is 25.3 Å². The van der Waals surface area contributed by atoms with Crippen molar-refractivity contribution < 1.29 is 14.3 Å². The first-order chi connectivity index (χ1) is 9.21. The Morgan fingerprint density at radius 3 is 2.30 bits per heavy atom. The molecule has 3 N–H and O–H groups in total. The standard InChI is InChI=1S/C15H30N2O3/c1-11(2)10-12(14(19)20-5)17-13(18)6-7-15(3,4)8-9-16/h11-12H,6-10,16H2,1-5H3,(H,17,18)/t12-/m0/s1. The first kappa shape index (κ1) is 18.9. The molecular weight excluding hydrogens is 256 g/mol. The molecule has 0 aromatic heterocycles. The molecule has 5 heteroatoms. The Morgan fingerprint density at radius 1 is 1.25 bits per heavy atom. The summed E-state index contributed by atoms with van der Waals surface area (Å²) in [6.45, 7) is 8.82. The van der Waals surface area contributed by atoms with Gasteiger partial charge >= 0.3 is 5.97 Å². The number of methoxy groups -OCH3 is 1. The zero-order valence-corrected chi connectivity index (χ0v) is 13.5. The highest BCUT2D eigenvalue weighted by atomic mass is 16.5. The van der Waals surface area contributed by atoms with Crippen molar-refractivity contribution in [2.75, 3.05) is 13.7 Å². The van der Waals surface area contributed by atoms with E-state index in [2.05, 4.69) is 19.2 Å². The molecule has 1 atom stereocenters. The van der Waals surface area contributed by atoms with E-state index in [1.54, 1.807) is 0 Å². The first-order valence-corrected chi connectivity index (χ1v) is 7.29. The summed E-state index contributed by atoms with van der Waals surface area (Å²) in [7, 11) is 1.34. The Morgan fingerprint density at radius 2 is 1.85 bits per heavy atom. The molecule has 0 aliphatic rings. The Kier molecular flexibility index (Phi) is 8.46. The van der Waals surface area contributed by atoms with E-state index < -0.39 is 6.04 Å². The van der Waals surface area contributed by atoms with Crippen molar-refractivity contribution in [2.45, 2.75) is 59.4 Å². The van der Waals surface area contributed by atoms with Crippen molar-refractivity contribution in [3.8, 4) is 0 Å². The molecule has 0 aliphatic carbocycles. The quantitative estimate of drug-likeness (QED) is 0.634. The molecule has 0 rings (SSSR count). The summed E-state index contributed by atoms with van der Waals surface area (Å²) in [6.07, 6.45) is 2.63. The first-order valence-electron chi connectivity index (χ1n) is 7.29. The molecule has 118 valence electrons. The van der Waals surface area contributed by atoms with Crippen LogP contribution in [0.4, 0.5) is 0 Å². The SMILES string of the molecule is COC(=O)[C@H](CC(C)C)NC(=O)CCC(C)(C)CCN. The van der Waals surface area contributed by atoms with Crippen LogP contribution in [0, 0.1) is 11.3 Å². The number of nitrogens with two attached hydrogens (primary N) is 1. The summed E-state index contributed by atoms with van der Waals surface area (Å²) >= 11 is 0. The molecule has 20 heavy (non-hydrogen) atoms. The van der Waals surface area contributed by atoms with Gasteiger partial charge in [-0.15, -0.1) is 0 Å². The zero-order valence-electron chi connectivity index (χ0n) is 13.5. The van der Waals surface area contributed by atoms with Crippen LogP contribution >= 0.6 is 0 Å². The van der Waals surface area contributed by atoms with Gasteiger partial charge in [0.25, 0.3) is 0 Å². The Balaban J connectivity index is 4.36. The highest BCUT2D eigenvalue weighted by Gasteiger charge is 2.24. The maximum Gasteiger partial charge on any atom is 0.328 e. The van der Waals surface area contributed by atoms with Gasteiger partial charge in [0.1, 0.15) is 6.04 Å². The summed E-state index contributed by atoms with van der Waals surface area (Å²) < 4.78 is 4.73. The fraction of sp³-hybridized carbons (Fsp3) is 0.867. The van der Waals surface area contributed by atoms with Crippen LogP contribution in [0.25, 0.3) is 0 Å². The Labute approximate surface area is 122 Å². The summed E-state index contributed by atoms with van der Waals surface area (Å²) in [4.78, 5) is 23.6. The van der Waals surface area contributed by atoms with Crippen molar-refractivity contribution in [1.29, 1.82) is 0 Å². The van der Waals surface area contributed by atoms with E-state index in [4.69, 9.17) is 10.5 Å². The van der Waals surface area contributed by atoms with E-state index in [9.17, 15) is 9.59 Å². The van der Waals surface area contributed by atoms with Crippen LogP contribution in [0.1, 0.15) is 53.4 Å². The van der Waals surface area contributed by atoms with E-state index in [0.717, 1.165) is 12.8 Å². The number of hydrogen-bond donors (Lipinski definition) is 2. The van der Waals surface area contributed by atoms with Gasteiger partial charge in [-0.3, -0.25) is 4.79 Å². The normalized spacial score (nSPS) is 13.2. The lowest BCUT2D eigenvalue weighted by atomic mass is 9.84. The van der Waals surface area contributed by atoms with Gasteiger partial charge in [-0.1, -0.05) is 27.7 Å². The van der Waals surface area contributed by atoms with Crippen LogP contribution in [0.2, 0.25) is 0 Å². The molecule has 0 radical (unpaired) electrons. The fourth-order valence-electron chi connectivity index (χ4n) is 2.06. The Bertz CT molecular complexity index is 314. The molecule has 0 aliphatic heterocycles. The largest absolute Gasteiger partial charge is 0.467 e. The highest BCUT2D eigenvalue weighted by molar-refractivity contribution is 5.84. The number of nitrogens with one attached hydrogen (secondary N) is 1. The van der Waals surface area contributed by atoms with Crippen LogP contribution in [0.5, 0.6) is 0 Å². The highest BCUT2D eigenvalue weighted by Crippen LogP contribution is 2.25. The summed E-state index contributed by atoms with van der Waals surface area (Å²) in [5.41, 5.74) is 5.60. The minimum Gasteiger partial charge on any atom is -0.467 e. The van der Waals surface area contributed by atoms with Crippen LogP contribution in [0.3, 0.4) is 0 Å². The van der Waals surface area contributed by atoms with E-state index in [1.807, 2.05) is 13.8 Å². The summed E-state index contributed by atoms with van der Waals surface area (Å²) in [5.74, 6) is -0.174. The molecular formula is C15H30N2O3. The average molecular weight is 286 g/mol. The third kappa shape index (κ3) is 8.15. The number of amides is 1. The number of esters is 1. The summed E-state index contributed by atoms with van der Waals surface area (Å²) in [6, 6.07) is -0.551. The van der Waals surface area contributed by atoms with Crippen LogP contribution in [-0.4, -0.2) is 31.6 Å². The minimum absolute atomic E-state index is 0.0465. The molecule has 0 bridgehead atoms. The number of rotatable bonds is 9. The van der Waals surface area contributed by atoms with E-state index in [1.165, 1.54) is 7.11 Å². The number of carbonyl (C=O) groups is 2. The van der Waals surface area contributed by atoms with Crippen molar-refractivity contribution in [2.24, 2.45) is 17.1 Å². The molecule has 5 nitrogen and oxygen atoms in total. The van der Waals surface area contributed by atoms with Gasteiger partial charge in [0.15, 0.2) is 0 Å². The van der Waals surface area contributed by atoms with Crippen molar-refractivity contribution >= 4 is 11.9 Å². The fourth-order valence-corrected chi connectivity index (χ4v) is 2.06. The van der Waals surface area contributed by atoms with Crippen LogP contribution in [0.15, 0.2) is 0 Å². The maximum absolute atomic E-state index is 12.0. The number of hydrogen-bond acceptors (Lipinski definition) is 4. The smallest absolute Gasteiger partial charge is 0.328 e. The molecule has 1 amide bonds. The topological polar surface area (TPSA) is 81.4 Å². The lowest BCUT2D eigenvalue weighted by molar-refractivity contribution is -0.145. The molecule has 0 spiro atoms. The van der Waals surface area contributed by atoms with Gasteiger partial charge in [0.2, 0.25) is 5.91 Å². The van der Waals surface area contributed by atoms with Gasteiger partial charge < -0.3 is 15.8 Å². The number of ether oxygens (including phenoxy) is 1. The third-order valence-corrected chi connectivity index (χ3v) is 3.38.